The van der Waals surface area contributed by atoms with Crippen LogP contribution < -0.4 is 9.47 Å². The van der Waals surface area contributed by atoms with Crippen LogP contribution in [0.5, 0.6) is 17.2 Å². The minimum absolute atomic E-state index is 0.217. The molecule has 0 saturated carbocycles. The Kier molecular flexibility index (Phi) is 4.09. The molecule has 2 aromatic carbocycles. The Morgan fingerprint density at radius 2 is 1.25 bits per heavy atom. The number of ether oxygens (including phenoxy) is 4. The van der Waals surface area contributed by atoms with Gasteiger partial charge >= 0.3 is 0 Å². The molecule has 6 heteroatoms. The van der Waals surface area contributed by atoms with Gasteiger partial charge in [0.15, 0.2) is 0 Å². The number of hydrogen-bond donors (Lipinski definition) is 0. The lowest BCUT2D eigenvalue weighted by atomic mass is 10.1. The van der Waals surface area contributed by atoms with Crippen LogP contribution in [0.25, 0.3) is 0 Å². The molecule has 0 spiro atoms. The molecule has 1 aliphatic carbocycles. The third kappa shape index (κ3) is 2.36. The monoisotopic (exact) mass is 328 g/mol. The lowest BCUT2D eigenvalue weighted by Gasteiger charge is -2.21. The predicted molar refractivity (Wildman–Crippen MR) is 84.9 cm³/mol. The van der Waals surface area contributed by atoms with Crippen molar-refractivity contribution in [2.75, 3.05) is 21.3 Å². The van der Waals surface area contributed by atoms with Crippen LogP contribution >= 0.6 is 0 Å². The average molecular weight is 328 g/mol. The Labute approximate surface area is 138 Å². The minimum Gasteiger partial charge on any atom is -0.497 e. The molecule has 1 aliphatic rings. The van der Waals surface area contributed by atoms with E-state index >= 15 is 0 Å². The average Bonchev–Trinajstić information content (AvgIpc) is 2.83. The van der Waals surface area contributed by atoms with Crippen LogP contribution in [-0.4, -0.2) is 38.7 Å². The van der Waals surface area contributed by atoms with Crippen molar-refractivity contribution >= 4 is 11.6 Å². The summed E-state index contributed by atoms with van der Waals surface area (Å²) in [7, 11) is 4.11. The van der Waals surface area contributed by atoms with Gasteiger partial charge in [-0.2, -0.15) is 0 Å². The van der Waals surface area contributed by atoms with Crippen LogP contribution in [-0.2, 0) is 9.47 Å². The number of Topliss-reactive ketones (excluding diaryl/α,β-unsaturated/α-hetero) is 2. The lowest BCUT2D eigenvalue weighted by molar-refractivity contribution is -0.133. The summed E-state index contributed by atoms with van der Waals surface area (Å²) in [5, 5.41) is 0. The summed E-state index contributed by atoms with van der Waals surface area (Å²) in [6, 6.07) is 11.7. The van der Waals surface area contributed by atoms with E-state index in [0.29, 0.717) is 17.2 Å². The third-order valence-electron chi connectivity index (χ3n) is 3.95. The largest absolute Gasteiger partial charge is 0.497 e. The zero-order chi connectivity index (χ0) is 17.3. The summed E-state index contributed by atoms with van der Waals surface area (Å²) in [6.07, 6.45) is 0. The number of fused-ring (bicyclic) bond motifs is 1. The van der Waals surface area contributed by atoms with Crippen molar-refractivity contribution in [2.24, 2.45) is 0 Å². The fraction of sp³-hybridized carbons (Fsp3) is 0.222. The summed E-state index contributed by atoms with van der Waals surface area (Å²) in [4.78, 5) is 24.9. The van der Waals surface area contributed by atoms with Gasteiger partial charge < -0.3 is 18.9 Å². The molecule has 124 valence electrons. The number of benzene rings is 2. The minimum atomic E-state index is -1.90. The first-order chi connectivity index (χ1) is 11.6. The van der Waals surface area contributed by atoms with Crippen LogP contribution in [0.2, 0.25) is 0 Å². The molecule has 0 N–H and O–H groups in total. The van der Waals surface area contributed by atoms with Crippen LogP contribution in [0, 0.1) is 0 Å². The van der Waals surface area contributed by atoms with Gasteiger partial charge in [0.05, 0.1) is 7.11 Å². The van der Waals surface area contributed by atoms with Crippen molar-refractivity contribution in [1.29, 1.82) is 0 Å². The SMILES string of the molecule is COc1ccc(Oc2ccc3c(c2)C(=O)C(OC)(OC)C3=O)cc1. The predicted octanol–water partition coefficient (Wildman–Crippen LogP) is 2.86. The maximum atomic E-state index is 12.5. The van der Waals surface area contributed by atoms with Crippen molar-refractivity contribution in [1.82, 2.24) is 0 Å². The number of methoxy groups -OCH3 is 3. The van der Waals surface area contributed by atoms with E-state index in [1.807, 2.05) is 0 Å². The van der Waals surface area contributed by atoms with E-state index in [1.165, 1.54) is 26.4 Å². The highest BCUT2D eigenvalue weighted by Crippen LogP contribution is 2.36. The second kappa shape index (κ2) is 6.07. The quantitative estimate of drug-likeness (QED) is 0.621. The van der Waals surface area contributed by atoms with Gasteiger partial charge in [0, 0.05) is 25.3 Å². The molecule has 0 atom stereocenters. The van der Waals surface area contributed by atoms with Gasteiger partial charge in [0.2, 0.25) is 11.6 Å². The molecule has 0 aliphatic heterocycles. The van der Waals surface area contributed by atoms with Crippen LogP contribution in [0.15, 0.2) is 42.5 Å². The third-order valence-corrected chi connectivity index (χ3v) is 3.95. The van der Waals surface area contributed by atoms with Crippen molar-refractivity contribution in [3.05, 3.63) is 53.6 Å². The highest BCUT2D eigenvalue weighted by Gasteiger charge is 2.54. The maximum absolute atomic E-state index is 12.5. The molecule has 2 aromatic rings. The number of carbonyl (C=O) groups is 2. The number of ketones is 2. The van der Waals surface area contributed by atoms with E-state index in [1.54, 1.807) is 37.4 Å². The van der Waals surface area contributed by atoms with E-state index in [0.717, 1.165) is 0 Å². The van der Waals surface area contributed by atoms with E-state index < -0.39 is 17.4 Å². The first kappa shape index (κ1) is 16.2. The van der Waals surface area contributed by atoms with E-state index in [-0.39, 0.29) is 11.1 Å². The van der Waals surface area contributed by atoms with Gasteiger partial charge in [-0.25, -0.2) is 0 Å². The topological polar surface area (TPSA) is 71.1 Å². The highest BCUT2D eigenvalue weighted by atomic mass is 16.7. The molecule has 3 rings (SSSR count). The summed E-state index contributed by atoms with van der Waals surface area (Å²) in [6.45, 7) is 0. The van der Waals surface area contributed by atoms with Gasteiger partial charge in [-0.05, 0) is 42.5 Å². The van der Waals surface area contributed by atoms with Gasteiger partial charge in [0.1, 0.15) is 17.2 Å². The molecule has 0 aromatic heterocycles. The zero-order valence-electron chi connectivity index (χ0n) is 13.5. The summed E-state index contributed by atoms with van der Waals surface area (Å²) in [5.41, 5.74) is 0.473. The standard InChI is InChI=1S/C18H16O6/c1-21-11-4-6-12(7-5-11)24-13-8-9-14-15(10-13)17(20)18(22-2,23-3)16(14)19/h4-10H,1-3H3. The van der Waals surface area contributed by atoms with Gasteiger partial charge in [-0.1, -0.05) is 0 Å². The normalized spacial score (nSPS) is 15.3. The molecule has 24 heavy (non-hydrogen) atoms. The Hall–Kier alpha value is -2.70. The number of hydrogen-bond acceptors (Lipinski definition) is 6. The Bertz CT molecular complexity index is 790. The van der Waals surface area contributed by atoms with E-state index in [4.69, 9.17) is 18.9 Å². The van der Waals surface area contributed by atoms with Crippen LogP contribution in [0.3, 0.4) is 0 Å². The first-order valence-corrected chi connectivity index (χ1v) is 7.21. The summed E-state index contributed by atoms with van der Waals surface area (Å²) in [5.74, 6) is -1.22. The smallest absolute Gasteiger partial charge is 0.299 e. The lowest BCUT2D eigenvalue weighted by Crippen LogP contribution is -2.45. The maximum Gasteiger partial charge on any atom is 0.299 e. The van der Waals surface area contributed by atoms with Crippen molar-refractivity contribution < 1.29 is 28.5 Å². The molecule has 6 nitrogen and oxygen atoms in total. The molecule has 0 fully saturated rings. The van der Waals surface area contributed by atoms with Crippen molar-refractivity contribution in [2.45, 2.75) is 5.79 Å². The molecule has 0 unspecified atom stereocenters. The molecule has 0 saturated heterocycles. The van der Waals surface area contributed by atoms with Crippen LogP contribution in [0.1, 0.15) is 20.7 Å². The van der Waals surface area contributed by atoms with E-state index in [2.05, 4.69) is 0 Å². The Morgan fingerprint density at radius 1 is 0.708 bits per heavy atom. The van der Waals surface area contributed by atoms with Crippen molar-refractivity contribution in [3.63, 3.8) is 0 Å². The number of carbonyl (C=O) groups excluding carboxylic acids is 2. The van der Waals surface area contributed by atoms with E-state index in [9.17, 15) is 9.59 Å². The molecule has 0 heterocycles. The highest BCUT2D eigenvalue weighted by molar-refractivity contribution is 6.31. The van der Waals surface area contributed by atoms with Crippen molar-refractivity contribution in [3.8, 4) is 17.2 Å². The van der Waals surface area contributed by atoms with Gasteiger partial charge in [-0.3, -0.25) is 9.59 Å². The second-order valence-corrected chi connectivity index (χ2v) is 5.17. The molecule has 0 radical (unpaired) electrons. The molecule has 0 amide bonds. The van der Waals surface area contributed by atoms with Gasteiger partial charge in [0.25, 0.3) is 5.79 Å². The first-order valence-electron chi connectivity index (χ1n) is 7.21. The summed E-state index contributed by atoms with van der Waals surface area (Å²) < 4.78 is 20.9. The van der Waals surface area contributed by atoms with Gasteiger partial charge in [-0.15, -0.1) is 0 Å². The zero-order valence-corrected chi connectivity index (χ0v) is 13.5. The second-order valence-electron chi connectivity index (χ2n) is 5.17. The fourth-order valence-corrected chi connectivity index (χ4v) is 2.66. The fourth-order valence-electron chi connectivity index (χ4n) is 2.66. The Balaban J connectivity index is 1.92. The number of rotatable bonds is 5. The Morgan fingerprint density at radius 3 is 1.83 bits per heavy atom. The molecule has 0 bridgehead atoms. The van der Waals surface area contributed by atoms with Crippen LogP contribution in [0.4, 0.5) is 0 Å². The molecular weight excluding hydrogens is 312 g/mol. The summed E-state index contributed by atoms with van der Waals surface area (Å²) >= 11 is 0. The molecular formula is C18H16O6.